The molecule has 0 fully saturated rings. The van der Waals surface area contributed by atoms with Crippen molar-refractivity contribution in [1.29, 1.82) is 0 Å². The maximum atomic E-state index is 12.4. The molecule has 160 valence electrons. The van der Waals surface area contributed by atoms with Crippen molar-refractivity contribution in [3.05, 3.63) is 90.0 Å². The van der Waals surface area contributed by atoms with Gasteiger partial charge < -0.3 is 20.7 Å². The van der Waals surface area contributed by atoms with E-state index in [1.807, 2.05) is 48.5 Å². The molecule has 3 rings (SSSR count). The second-order valence-electron chi connectivity index (χ2n) is 7.00. The van der Waals surface area contributed by atoms with Gasteiger partial charge in [0.15, 0.2) is 0 Å². The van der Waals surface area contributed by atoms with Crippen molar-refractivity contribution < 1.29 is 14.3 Å². The van der Waals surface area contributed by atoms with Crippen LogP contribution in [0.2, 0.25) is 0 Å². The highest BCUT2D eigenvalue weighted by Gasteiger charge is 2.09. The molecule has 3 N–H and O–H groups in total. The Morgan fingerprint density at radius 1 is 0.903 bits per heavy atom. The zero-order valence-electron chi connectivity index (χ0n) is 17.6. The first-order valence-electron chi connectivity index (χ1n) is 10.3. The van der Waals surface area contributed by atoms with E-state index >= 15 is 0 Å². The van der Waals surface area contributed by atoms with Crippen LogP contribution in [0.1, 0.15) is 22.3 Å². The molecule has 0 aromatic heterocycles. The van der Waals surface area contributed by atoms with Crippen molar-refractivity contribution in [1.82, 2.24) is 5.32 Å². The summed E-state index contributed by atoms with van der Waals surface area (Å²) in [4.78, 5) is 24.2. The third-order valence-corrected chi connectivity index (χ3v) is 4.68. The minimum absolute atomic E-state index is 0.0690. The molecule has 0 atom stereocenters. The van der Waals surface area contributed by atoms with Gasteiger partial charge in [-0.25, -0.2) is 0 Å². The number of anilines is 2. The molecule has 0 aliphatic carbocycles. The van der Waals surface area contributed by atoms with Crippen LogP contribution in [0.25, 0.3) is 0 Å². The van der Waals surface area contributed by atoms with E-state index in [1.165, 1.54) is 5.56 Å². The molecule has 3 aromatic rings. The lowest BCUT2D eigenvalue weighted by atomic mass is 10.1. The molecule has 0 bridgehead atoms. The Bertz CT molecular complexity index is 1010. The number of rotatable bonds is 10. The van der Waals surface area contributed by atoms with Gasteiger partial charge in [0.2, 0.25) is 5.91 Å². The number of aryl methyl sites for hydroxylation is 1. The fraction of sp³-hybridized carbons (Fsp3) is 0.200. The molecule has 31 heavy (non-hydrogen) atoms. The summed E-state index contributed by atoms with van der Waals surface area (Å²) in [5.74, 6) is 0.266. The van der Waals surface area contributed by atoms with Crippen molar-refractivity contribution >= 4 is 23.2 Å². The number of para-hydroxylation sites is 2. The summed E-state index contributed by atoms with van der Waals surface area (Å²) in [5.41, 5.74) is 3.14. The maximum absolute atomic E-state index is 12.4. The number of ether oxygens (including phenoxy) is 1. The molecule has 0 saturated carbocycles. The third-order valence-electron chi connectivity index (χ3n) is 4.68. The predicted octanol–water partition coefficient (Wildman–Crippen LogP) is 4.11. The number of amides is 2. The smallest absolute Gasteiger partial charge is 0.251 e. The van der Waals surface area contributed by atoms with E-state index in [4.69, 9.17) is 4.74 Å². The van der Waals surface area contributed by atoms with E-state index in [2.05, 4.69) is 28.1 Å². The molecular formula is C25H27N3O3. The average molecular weight is 418 g/mol. The predicted molar refractivity (Wildman–Crippen MR) is 124 cm³/mol. The zero-order chi connectivity index (χ0) is 21.9. The van der Waals surface area contributed by atoms with Gasteiger partial charge in [-0.3, -0.25) is 9.59 Å². The molecule has 0 unspecified atom stereocenters. The van der Waals surface area contributed by atoms with Crippen LogP contribution in [-0.2, 0) is 11.2 Å². The molecule has 0 aliphatic heterocycles. The molecule has 2 amide bonds. The lowest BCUT2D eigenvalue weighted by molar-refractivity contribution is -0.114. The average Bonchev–Trinajstić information content (AvgIpc) is 2.82. The van der Waals surface area contributed by atoms with Crippen LogP contribution >= 0.6 is 0 Å². The van der Waals surface area contributed by atoms with Crippen molar-refractivity contribution in [3.8, 4) is 5.75 Å². The molecule has 0 saturated heterocycles. The van der Waals surface area contributed by atoms with Crippen LogP contribution in [0.5, 0.6) is 5.75 Å². The Morgan fingerprint density at radius 3 is 2.48 bits per heavy atom. The Morgan fingerprint density at radius 2 is 1.68 bits per heavy atom. The van der Waals surface area contributed by atoms with Gasteiger partial charge in [-0.15, -0.1) is 0 Å². The third kappa shape index (κ3) is 6.89. The van der Waals surface area contributed by atoms with Gasteiger partial charge >= 0.3 is 0 Å². The summed E-state index contributed by atoms with van der Waals surface area (Å²) in [5, 5.41) is 8.51. The van der Waals surface area contributed by atoms with Crippen LogP contribution in [0.4, 0.5) is 11.4 Å². The highest BCUT2D eigenvalue weighted by molar-refractivity contribution is 5.96. The Hall–Kier alpha value is -3.80. The molecule has 0 radical (unpaired) electrons. The number of carbonyl (C=O) groups is 2. The molecule has 0 aliphatic rings. The Kier molecular flexibility index (Phi) is 8.05. The summed E-state index contributed by atoms with van der Waals surface area (Å²) in [6, 6.07) is 24.7. The Balaban J connectivity index is 1.49. The lowest BCUT2D eigenvalue weighted by Crippen LogP contribution is -2.22. The molecule has 6 nitrogen and oxygen atoms in total. The molecule has 6 heteroatoms. The van der Waals surface area contributed by atoms with Crippen LogP contribution in [0, 0.1) is 0 Å². The second-order valence-corrected chi connectivity index (χ2v) is 7.00. The van der Waals surface area contributed by atoms with Crippen LogP contribution in [0.15, 0.2) is 78.9 Å². The van der Waals surface area contributed by atoms with E-state index in [-0.39, 0.29) is 18.4 Å². The summed E-state index contributed by atoms with van der Waals surface area (Å²) < 4.78 is 5.90. The monoisotopic (exact) mass is 417 g/mol. The molecule has 0 spiro atoms. The van der Waals surface area contributed by atoms with Gasteiger partial charge in [0.05, 0.1) is 18.8 Å². The number of carbonyl (C=O) groups excluding carboxylic acids is 2. The van der Waals surface area contributed by atoms with Crippen LogP contribution < -0.4 is 20.7 Å². The van der Waals surface area contributed by atoms with Gasteiger partial charge in [0.25, 0.3) is 5.91 Å². The van der Waals surface area contributed by atoms with E-state index in [1.54, 1.807) is 25.2 Å². The summed E-state index contributed by atoms with van der Waals surface area (Å²) in [6.45, 7) is 0.631. The van der Waals surface area contributed by atoms with E-state index in [0.29, 0.717) is 29.3 Å². The molecule has 0 heterocycles. The highest BCUT2D eigenvalue weighted by Crippen LogP contribution is 2.24. The Labute approximate surface area is 182 Å². The summed E-state index contributed by atoms with van der Waals surface area (Å²) in [6.07, 6.45) is 1.82. The van der Waals surface area contributed by atoms with Crippen molar-refractivity contribution in [2.75, 3.05) is 30.8 Å². The number of hydrogen-bond acceptors (Lipinski definition) is 4. The van der Waals surface area contributed by atoms with Crippen molar-refractivity contribution in [2.24, 2.45) is 0 Å². The van der Waals surface area contributed by atoms with Gasteiger partial charge in [0, 0.05) is 18.3 Å². The minimum atomic E-state index is -0.203. The quantitative estimate of drug-likeness (QED) is 0.434. The fourth-order valence-electron chi connectivity index (χ4n) is 3.09. The summed E-state index contributed by atoms with van der Waals surface area (Å²) >= 11 is 0. The van der Waals surface area contributed by atoms with E-state index in [9.17, 15) is 9.59 Å². The van der Waals surface area contributed by atoms with Gasteiger partial charge in [0.1, 0.15) is 5.75 Å². The van der Waals surface area contributed by atoms with Crippen LogP contribution in [0.3, 0.4) is 0 Å². The standard InChI is InChI=1S/C25H27N3O3/c1-26-25(30)20-12-7-13-21(17-20)27-18-24(29)28-22-14-5-6-15-23(22)31-16-8-11-19-9-3-2-4-10-19/h2-7,9-10,12-15,17,27H,8,11,16,18H2,1H3,(H,26,30)(H,28,29). The van der Waals surface area contributed by atoms with Gasteiger partial charge in [-0.05, 0) is 48.7 Å². The van der Waals surface area contributed by atoms with E-state index < -0.39 is 0 Å². The van der Waals surface area contributed by atoms with E-state index in [0.717, 1.165) is 12.8 Å². The number of benzene rings is 3. The first-order chi connectivity index (χ1) is 15.2. The lowest BCUT2D eigenvalue weighted by Gasteiger charge is -2.13. The van der Waals surface area contributed by atoms with Crippen LogP contribution in [-0.4, -0.2) is 32.0 Å². The minimum Gasteiger partial charge on any atom is -0.491 e. The first kappa shape index (κ1) is 21.9. The van der Waals surface area contributed by atoms with Gasteiger partial charge in [-0.1, -0.05) is 48.5 Å². The zero-order valence-corrected chi connectivity index (χ0v) is 17.6. The maximum Gasteiger partial charge on any atom is 0.251 e. The fourth-order valence-corrected chi connectivity index (χ4v) is 3.09. The second kappa shape index (κ2) is 11.4. The van der Waals surface area contributed by atoms with Crippen molar-refractivity contribution in [2.45, 2.75) is 12.8 Å². The summed E-state index contributed by atoms with van der Waals surface area (Å²) in [7, 11) is 1.58. The largest absolute Gasteiger partial charge is 0.491 e. The highest BCUT2D eigenvalue weighted by atomic mass is 16.5. The van der Waals surface area contributed by atoms with Gasteiger partial charge in [-0.2, -0.15) is 0 Å². The normalized spacial score (nSPS) is 10.2. The topological polar surface area (TPSA) is 79.5 Å². The molecule has 3 aromatic carbocycles. The number of hydrogen-bond donors (Lipinski definition) is 3. The SMILES string of the molecule is CNC(=O)c1cccc(NCC(=O)Nc2ccccc2OCCCc2ccccc2)c1. The van der Waals surface area contributed by atoms with Crippen molar-refractivity contribution in [3.63, 3.8) is 0 Å². The first-order valence-corrected chi connectivity index (χ1v) is 10.3. The molecular weight excluding hydrogens is 390 g/mol. The number of nitrogens with one attached hydrogen (secondary N) is 3.